The van der Waals surface area contributed by atoms with Gasteiger partial charge in [0.05, 0.1) is 7.85 Å². The quantitative estimate of drug-likeness (QED) is 0.680. The van der Waals surface area contributed by atoms with Crippen molar-refractivity contribution in [2.45, 2.75) is 50.9 Å². The van der Waals surface area contributed by atoms with Gasteiger partial charge in [0.25, 0.3) is 0 Å². The fourth-order valence-electron chi connectivity index (χ4n) is 3.55. The van der Waals surface area contributed by atoms with Crippen LogP contribution >= 0.6 is 0 Å². The Morgan fingerprint density at radius 2 is 1.92 bits per heavy atom. The number of allylic oxidation sites excluding steroid dienone is 6. The van der Waals surface area contributed by atoms with Gasteiger partial charge in [0.2, 0.25) is 0 Å². The van der Waals surface area contributed by atoms with Crippen molar-refractivity contribution >= 4 is 13.4 Å². The van der Waals surface area contributed by atoms with Gasteiger partial charge in [-0.05, 0) is 68.4 Å². The van der Waals surface area contributed by atoms with Crippen LogP contribution in [-0.4, -0.2) is 38.0 Å². The van der Waals surface area contributed by atoms with E-state index in [9.17, 15) is 0 Å². The Balaban J connectivity index is 1.68. The first-order valence-corrected chi connectivity index (χ1v) is 9.72. The average molecular weight is 347 g/mol. The molecular weight excluding hydrogens is 317 g/mol. The molecule has 1 atom stereocenters. The monoisotopic (exact) mass is 347 g/mol. The van der Waals surface area contributed by atoms with Crippen molar-refractivity contribution in [3.8, 4) is 5.75 Å². The van der Waals surface area contributed by atoms with Crippen molar-refractivity contribution in [3.05, 3.63) is 60.2 Å². The first kappa shape index (κ1) is 19.0. The Morgan fingerprint density at radius 1 is 1.15 bits per heavy atom. The molecule has 1 aromatic carbocycles. The average Bonchev–Trinajstić information content (AvgIpc) is 2.82. The highest BCUT2D eigenvalue weighted by atomic mass is 16.5. The number of piperidine rings is 1. The number of likely N-dealkylation sites (tertiary alicyclic amines) is 1. The van der Waals surface area contributed by atoms with E-state index in [-0.39, 0.29) is 5.54 Å². The Morgan fingerprint density at radius 3 is 2.69 bits per heavy atom. The van der Waals surface area contributed by atoms with Crippen LogP contribution < -0.4 is 4.74 Å². The van der Waals surface area contributed by atoms with Crippen LogP contribution in [0.15, 0.2) is 54.6 Å². The third-order valence-electron chi connectivity index (χ3n) is 5.32. The maximum absolute atomic E-state index is 6.19. The first-order chi connectivity index (χ1) is 12.4. The van der Waals surface area contributed by atoms with Gasteiger partial charge in [-0.3, -0.25) is 4.90 Å². The molecule has 1 fully saturated rings. The second kappa shape index (κ2) is 7.88. The van der Waals surface area contributed by atoms with E-state index in [1.165, 1.54) is 32.4 Å². The lowest BCUT2D eigenvalue weighted by molar-refractivity contribution is 0.0515. The largest absolute Gasteiger partial charge is 0.492 e. The van der Waals surface area contributed by atoms with Gasteiger partial charge < -0.3 is 4.74 Å². The van der Waals surface area contributed by atoms with Gasteiger partial charge in [-0.1, -0.05) is 55.9 Å². The van der Waals surface area contributed by atoms with E-state index in [1.807, 2.05) is 31.2 Å². The summed E-state index contributed by atoms with van der Waals surface area (Å²) in [7, 11) is 6.18. The number of rotatable bonds is 5. The molecule has 0 saturated carbocycles. The first-order valence-electron chi connectivity index (χ1n) is 9.72. The molecule has 0 N–H and O–H groups in total. The molecular formula is C23H30BNO. The van der Waals surface area contributed by atoms with Crippen molar-refractivity contribution in [3.63, 3.8) is 0 Å². The van der Waals surface area contributed by atoms with Crippen LogP contribution in [0, 0.1) is 0 Å². The smallest absolute Gasteiger partial charge is 0.120 e. The summed E-state index contributed by atoms with van der Waals surface area (Å²) in [4.78, 5) is 2.56. The Kier molecular flexibility index (Phi) is 5.77. The summed E-state index contributed by atoms with van der Waals surface area (Å²) in [5.41, 5.74) is 2.36. The van der Waals surface area contributed by atoms with Gasteiger partial charge in [-0.25, -0.2) is 0 Å². The summed E-state index contributed by atoms with van der Waals surface area (Å²) in [5, 5.41) is -0.398. The minimum atomic E-state index is -0.398. The second-order valence-corrected chi connectivity index (χ2v) is 8.36. The van der Waals surface area contributed by atoms with Crippen LogP contribution in [0.4, 0.5) is 0 Å². The van der Waals surface area contributed by atoms with Gasteiger partial charge in [0, 0.05) is 5.54 Å². The Hall–Kier alpha value is -1.74. The maximum Gasteiger partial charge on any atom is 0.120 e. The minimum Gasteiger partial charge on any atom is -0.492 e. The van der Waals surface area contributed by atoms with Gasteiger partial charge >= 0.3 is 0 Å². The number of ether oxygens (including phenoxy) is 1. The summed E-state index contributed by atoms with van der Waals surface area (Å²) >= 11 is 0. The maximum atomic E-state index is 6.19. The molecule has 26 heavy (non-hydrogen) atoms. The van der Waals surface area contributed by atoms with Gasteiger partial charge in [0.15, 0.2) is 0 Å². The van der Waals surface area contributed by atoms with E-state index in [2.05, 4.69) is 49.1 Å². The van der Waals surface area contributed by atoms with Crippen LogP contribution in [0.5, 0.6) is 5.75 Å². The summed E-state index contributed by atoms with van der Waals surface area (Å²) in [6.45, 7) is 9.62. The summed E-state index contributed by atoms with van der Waals surface area (Å²) in [6, 6.07) is 8.34. The molecule has 3 rings (SSSR count). The molecule has 2 radical (unpaired) electrons. The normalized spacial score (nSPS) is 24.2. The summed E-state index contributed by atoms with van der Waals surface area (Å²) in [6.07, 6.45) is 14.2. The molecule has 2 nitrogen and oxygen atoms in total. The van der Waals surface area contributed by atoms with Crippen LogP contribution in [0.25, 0.3) is 5.57 Å². The fourth-order valence-corrected chi connectivity index (χ4v) is 3.55. The zero-order valence-corrected chi connectivity index (χ0v) is 16.4. The molecule has 0 amide bonds. The predicted octanol–water partition coefficient (Wildman–Crippen LogP) is 5.19. The van der Waals surface area contributed by atoms with Crippen LogP contribution in [0.1, 0.15) is 45.6 Å². The molecule has 1 aliphatic heterocycles. The van der Waals surface area contributed by atoms with Crippen molar-refractivity contribution in [2.75, 3.05) is 19.7 Å². The van der Waals surface area contributed by atoms with E-state index >= 15 is 0 Å². The molecule has 136 valence electrons. The van der Waals surface area contributed by atoms with Crippen molar-refractivity contribution in [1.82, 2.24) is 4.90 Å². The molecule has 1 saturated heterocycles. The Labute approximate surface area is 160 Å². The topological polar surface area (TPSA) is 12.5 Å². The van der Waals surface area contributed by atoms with Crippen molar-refractivity contribution in [2.24, 2.45) is 0 Å². The van der Waals surface area contributed by atoms with Gasteiger partial charge in [0.1, 0.15) is 12.4 Å². The molecule has 1 aromatic rings. The zero-order chi connectivity index (χ0) is 18.6. The summed E-state index contributed by atoms with van der Waals surface area (Å²) < 4.78 is 6.19. The molecule has 3 heteroatoms. The predicted molar refractivity (Wildman–Crippen MR) is 112 cm³/mol. The van der Waals surface area contributed by atoms with E-state index in [0.29, 0.717) is 6.61 Å². The van der Waals surface area contributed by atoms with Crippen LogP contribution in [0.3, 0.4) is 0 Å². The molecule has 1 aliphatic carbocycles. The number of hydrogen-bond acceptors (Lipinski definition) is 2. The molecule has 0 bridgehead atoms. The number of hydrogen-bond donors (Lipinski definition) is 0. The highest BCUT2D eigenvalue weighted by Gasteiger charge is 2.28. The summed E-state index contributed by atoms with van der Waals surface area (Å²) in [5.74, 6) is 0.922. The fraction of sp³-hybridized carbons (Fsp3) is 0.478. The van der Waals surface area contributed by atoms with E-state index in [1.54, 1.807) is 0 Å². The molecule has 0 aromatic heterocycles. The lowest BCUT2D eigenvalue weighted by Crippen LogP contribution is -2.50. The Bertz CT molecular complexity index is 709. The molecule has 1 unspecified atom stereocenters. The van der Waals surface area contributed by atoms with Crippen LogP contribution in [0.2, 0.25) is 5.31 Å². The van der Waals surface area contributed by atoms with Crippen molar-refractivity contribution in [1.29, 1.82) is 0 Å². The molecule has 1 heterocycles. The lowest BCUT2D eigenvalue weighted by atomic mass is 9.70. The van der Waals surface area contributed by atoms with E-state index in [0.717, 1.165) is 16.9 Å². The number of nitrogens with zero attached hydrogens (tertiary/aromatic N) is 1. The van der Waals surface area contributed by atoms with E-state index < -0.39 is 5.31 Å². The minimum absolute atomic E-state index is 0.0576. The lowest BCUT2D eigenvalue weighted by Gasteiger charge is -2.40. The third kappa shape index (κ3) is 4.91. The second-order valence-electron chi connectivity index (χ2n) is 8.36. The van der Waals surface area contributed by atoms with Crippen molar-refractivity contribution < 1.29 is 4.74 Å². The third-order valence-corrected chi connectivity index (χ3v) is 5.32. The SMILES string of the molecule is [B]C1(C)C=CC=C(c2cccc(OCC(C)(C)N3CCCCC3)c2)C=C1. The molecule has 0 spiro atoms. The number of benzene rings is 1. The standard InChI is InChI=1S/C23H30BNO/c1-22(2,25-15-5-4-6-16-25)18-26-21-11-7-9-20(17-21)19-10-8-13-23(3,24)14-12-19/h7-14,17H,4-6,15-16,18H2,1-3H3. The van der Waals surface area contributed by atoms with Gasteiger partial charge in [-0.2, -0.15) is 0 Å². The van der Waals surface area contributed by atoms with E-state index in [4.69, 9.17) is 12.6 Å². The van der Waals surface area contributed by atoms with Gasteiger partial charge in [-0.15, -0.1) is 0 Å². The highest BCUT2D eigenvalue weighted by Crippen LogP contribution is 2.31. The molecule has 2 aliphatic rings. The highest BCUT2D eigenvalue weighted by molar-refractivity contribution is 6.18. The zero-order valence-electron chi connectivity index (χ0n) is 16.4. The van der Waals surface area contributed by atoms with Crippen LogP contribution in [-0.2, 0) is 0 Å².